The minimum Gasteiger partial charge on any atom is -0.485 e. The highest BCUT2D eigenvalue weighted by atomic mass is 35.5. The first-order valence-electron chi connectivity index (χ1n) is 9.28. The first kappa shape index (κ1) is 21.1. The standard InChI is InChI=1S/C24H15Cl2FO4/c1-13-9-16(30-12-20(28)14-5-7-15(25)8-6-14)10-21-23(13)24(29)22(31-21)11-17-18(26)3-2-4-19(17)27/h2-11H,12H2,1H3/b22-11-. The van der Waals surface area contributed by atoms with E-state index in [1.165, 1.54) is 30.3 Å². The lowest BCUT2D eigenvalue weighted by Crippen LogP contribution is -2.11. The summed E-state index contributed by atoms with van der Waals surface area (Å²) in [5.41, 5.74) is 1.51. The van der Waals surface area contributed by atoms with E-state index in [1.54, 1.807) is 37.3 Å². The van der Waals surface area contributed by atoms with Gasteiger partial charge in [-0.25, -0.2) is 4.39 Å². The third-order valence-corrected chi connectivity index (χ3v) is 5.34. The zero-order chi connectivity index (χ0) is 22.1. The van der Waals surface area contributed by atoms with Crippen LogP contribution >= 0.6 is 23.2 Å². The van der Waals surface area contributed by atoms with Crippen LogP contribution in [0.5, 0.6) is 11.5 Å². The predicted molar refractivity (Wildman–Crippen MR) is 117 cm³/mol. The van der Waals surface area contributed by atoms with Gasteiger partial charge in [0.05, 0.1) is 10.6 Å². The van der Waals surface area contributed by atoms with Crippen molar-refractivity contribution in [1.82, 2.24) is 0 Å². The van der Waals surface area contributed by atoms with Crippen LogP contribution in [0.25, 0.3) is 6.08 Å². The van der Waals surface area contributed by atoms with E-state index in [4.69, 9.17) is 32.7 Å². The van der Waals surface area contributed by atoms with Crippen LogP contribution in [0.2, 0.25) is 10.0 Å². The SMILES string of the molecule is Cc1cc(OCC(=O)c2ccc(Cl)cc2)cc2c1C(=O)/C(=C/c1c(F)cccc1Cl)O2. The third kappa shape index (κ3) is 4.33. The van der Waals surface area contributed by atoms with Gasteiger partial charge in [-0.2, -0.15) is 0 Å². The number of allylic oxidation sites excluding steroid dienone is 1. The van der Waals surface area contributed by atoms with E-state index in [9.17, 15) is 14.0 Å². The zero-order valence-corrected chi connectivity index (χ0v) is 17.8. The Morgan fingerprint density at radius 3 is 2.58 bits per heavy atom. The lowest BCUT2D eigenvalue weighted by Gasteiger charge is -2.09. The molecule has 156 valence electrons. The summed E-state index contributed by atoms with van der Waals surface area (Å²) in [7, 11) is 0. The van der Waals surface area contributed by atoms with Crippen LogP contribution < -0.4 is 9.47 Å². The molecule has 0 N–H and O–H groups in total. The summed E-state index contributed by atoms with van der Waals surface area (Å²) in [4.78, 5) is 25.1. The third-order valence-electron chi connectivity index (χ3n) is 4.75. The summed E-state index contributed by atoms with van der Waals surface area (Å²) in [5.74, 6) is -0.556. The van der Waals surface area contributed by atoms with Crippen LogP contribution in [0.15, 0.2) is 60.4 Å². The van der Waals surface area contributed by atoms with Crippen molar-refractivity contribution in [3.8, 4) is 11.5 Å². The van der Waals surface area contributed by atoms with Gasteiger partial charge in [0, 0.05) is 22.2 Å². The van der Waals surface area contributed by atoms with Crippen molar-refractivity contribution in [2.24, 2.45) is 0 Å². The topological polar surface area (TPSA) is 52.6 Å². The molecule has 0 aromatic heterocycles. The van der Waals surface area contributed by atoms with Crippen molar-refractivity contribution in [2.45, 2.75) is 6.92 Å². The average molecular weight is 457 g/mol. The number of rotatable bonds is 5. The maximum Gasteiger partial charge on any atom is 0.232 e. The Labute approximate surface area is 187 Å². The van der Waals surface area contributed by atoms with Crippen LogP contribution in [-0.4, -0.2) is 18.2 Å². The molecule has 0 radical (unpaired) electrons. The lowest BCUT2D eigenvalue weighted by atomic mass is 10.0. The van der Waals surface area contributed by atoms with Crippen LogP contribution in [0.3, 0.4) is 0 Å². The summed E-state index contributed by atoms with van der Waals surface area (Å²) in [6.07, 6.45) is 1.28. The molecule has 0 saturated carbocycles. The van der Waals surface area contributed by atoms with Crippen LogP contribution in [0.4, 0.5) is 4.39 Å². The summed E-state index contributed by atoms with van der Waals surface area (Å²) in [6.45, 7) is 1.54. The number of halogens is 3. The van der Waals surface area contributed by atoms with Crippen molar-refractivity contribution < 1.29 is 23.5 Å². The highest BCUT2D eigenvalue weighted by molar-refractivity contribution is 6.32. The second kappa shape index (κ2) is 8.53. The first-order valence-corrected chi connectivity index (χ1v) is 10.0. The molecule has 1 heterocycles. The van der Waals surface area contributed by atoms with Gasteiger partial charge in [-0.05, 0) is 61.0 Å². The fourth-order valence-electron chi connectivity index (χ4n) is 3.21. The fraction of sp³-hybridized carbons (Fsp3) is 0.0833. The molecule has 4 rings (SSSR count). The Kier molecular flexibility index (Phi) is 5.81. The molecule has 0 spiro atoms. The van der Waals surface area contributed by atoms with Crippen molar-refractivity contribution >= 4 is 40.8 Å². The van der Waals surface area contributed by atoms with Crippen LogP contribution in [-0.2, 0) is 0 Å². The number of aryl methyl sites for hydroxylation is 1. The quantitative estimate of drug-likeness (QED) is 0.333. The van der Waals surface area contributed by atoms with Crippen LogP contribution in [0, 0.1) is 12.7 Å². The molecule has 1 aliphatic heterocycles. The van der Waals surface area contributed by atoms with E-state index < -0.39 is 5.82 Å². The summed E-state index contributed by atoms with van der Waals surface area (Å²) in [6, 6.07) is 13.9. The Balaban J connectivity index is 1.55. The van der Waals surface area contributed by atoms with E-state index in [1.807, 2.05) is 0 Å². The summed E-state index contributed by atoms with van der Waals surface area (Å²) in [5, 5.41) is 0.704. The van der Waals surface area contributed by atoms with E-state index in [2.05, 4.69) is 0 Å². The molecule has 3 aromatic rings. The van der Waals surface area contributed by atoms with Crippen molar-refractivity contribution in [3.63, 3.8) is 0 Å². The highest BCUT2D eigenvalue weighted by Gasteiger charge is 2.30. The molecule has 31 heavy (non-hydrogen) atoms. The number of fused-ring (bicyclic) bond motifs is 1. The smallest absolute Gasteiger partial charge is 0.232 e. The molecule has 4 nitrogen and oxygen atoms in total. The van der Waals surface area contributed by atoms with Gasteiger partial charge < -0.3 is 9.47 Å². The molecule has 0 bridgehead atoms. The molecule has 3 aromatic carbocycles. The Morgan fingerprint density at radius 1 is 1.13 bits per heavy atom. The van der Waals surface area contributed by atoms with Crippen LogP contribution in [0.1, 0.15) is 31.8 Å². The van der Waals surface area contributed by atoms with Crippen molar-refractivity contribution in [1.29, 1.82) is 0 Å². The first-order chi connectivity index (χ1) is 14.8. The van der Waals surface area contributed by atoms with Gasteiger partial charge in [-0.15, -0.1) is 0 Å². The minimum absolute atomic E-state index is 0.0421. The van der Waals surface area contributed by atoms with E-state index in [0.717, 1.165) is 0 Å². The normalized spacial score (nSPS) is 13.8. The average Bonchev–Trinajstić information content (AvgIpc) is 3.05. The molecular formula is C24H15Cl2FO4. The maximum atomic E-state index is 14.1. The zero-order valence-electron chi connectivity index (χ0n) is 16.2. The van der Waals surface area contributed by atoms with Gasteiger partial charge in [-0.3, -0.25) is 9.59 Å². The molecule has 0 saturated heterocycles. The Bertz CT molecular complexity index is 1210. The molecule has 0 amide bonds. The lowest BCUT2D eigenvalue weighted by molar-refractivity contribution is 0.0920. The van der Waals surface area contributed by atoms with Crippen molar-refractivity contribution in [2.75, 3.05) is 6.61 Å². The van der Waals surface area contributed by atoms with E-state index in [0.29, 0.717) is 27.5 Å². The van der Waals surface area contributed by atoms with Gasteiger partial charge in [0.25, 0.3) is 0 Å². The molecule has 0 fully saturated rings. The number of Topliss-reactive ketones (excluding diaryl/α,β-unsaturated/α-hetero) is 2. The van der Waals surface area contributed by atoms with Gasteiger partial charge in [0.15, 0.2) is 18.1 Å². The largest absolute Gasteiger partial charge is 0.485 e. The van der Waals surface area contributed by atoms with Gasteiger partial charge in [0.2, 0.25) is 5.78 Å². The number of carbonyl (C=O) groups is 2. The number of ether oxygens (including phenoxy) is 2. The van der Waals surface area contributed by atoms with Gasteiger partial charge >= 0.3 is 0 Å². The molecule has 7 heteroatoms. The van der Waals surface area contributed by atoms with E-state index >= 15 is 0 Å². The number of hydrogen-bond donors (Lipinski definition) is 0. The minimum atomic E-state index is -0.561. The van der Waals surface area contributed by atoms with Gasteiger partial charge in [-0.1, -0.05) is 29.3 Å². The second-order valence-electron chi connectivity index (χ2n) is 6.91. The Hall–Kier alpha value is -3.15. The monoisotopic (exact) mass is 456 g/mol. The Morgan fingerprint density at radius 2 is 1.87 bits per heavy atom. The van der Waals surface area contributed by atoms with Gasteiger partial charge in [0.1, 0.15) is 17.3 Å². The molecule has 1 aliphatic rings. The molecule has 0 aliphatic carbocycles. The van der Waals surface area contributed by atoms with E-state index in [-0.39, 0.29) is 40.3 Å². The number of ketones is 2. The maximum absolute atomic E-state index is 14.1. The highest BCUT2D eigenvalue weighted by Crippen LogP contribution is 2.38. The number of hydrogen-bond acceptors (Lipinski definition) is 4. The molecular weight excluding hydrogens is 442 g/mol. The summed E-state index contributed by atoms with van der Waals surface area (Å²) < 4.78 is 25.4. The van der Waals surface area contributed by atoms with Crippen molar-refractivity contribution in [3.05, 3.63) is 98.5 Å². The fourth-order valence-corrected chi connectivity index (χ4v) is 3.55. The predicted octanol–water partition coefficient (Wildman–Crippen LogP) is 6.32. The number of carbonyl (C=O) groups excluding carboxylic acids is 2. The molecule has 0 atom stereocenters. The summed E-state index contributed by atoms with van der Waals surface area (Å²) >= 11 is 11.9. The molecule has 0 unspecified atom stereocenters. The number of benzene rings is 3. The second-order valence-corrected chi connectivity index (χ2v) is 7.75.